The minimum absolute atomic E-state index is 0.262. The highest BCUT2D eigenvalue weighted by Gasteiger charge is 2.11. The average Bonchev–Trinajstić information content (AvgIpc) is 2.52. The van der Waals surface area contributed by atoms with Crippen molar-refractivity contribution in [1.29, 1.82) is 0 Å². The van der Waals surface area contributed by atoms with Crippen molar-refractivity contribution in [3.05, 3.63) is 5.01 Å². The van der Waals surface area contributed by atoms with Crippen LogP contribution in [0.2, 0.25) is 0 Å². The minimum atomic E-state index is -3.44. The Bertz CT molecular complexity index is 375. The van der Waals surface area contributed by atoms with Gasteiger partial charge in [0, 0.05) is 0 Å². The summed E-state index contributed by atoms with van der Waals surface area (Å²) in [7, 11) is -3.44. The van der Waals surface area contributed by atoms with Crippen molar-refractivity contribution in [2.45, 2.75) is 13.3 Å². The van der Waals surface area contributed by atoms with Crippen LogP contribution in [0, 0.1) is 0 Å². The molecule has 0 atom stereocenters. The van der Waals surface area contributed by atoms with Gasteiger partial charge in [0.15, 0.2) is 0 Å². The van der Waals surface area contributed by atoms with Gasteiger partial charge in [-0.25, -0.2) is 8.42 Å². The monoisotopic (exact) mass is 241 g/mol. The maximum atomic E-state index is 11.0. The summed E-state index contributed by atoms with van der Waals surface area (Å²) in [5.74, 6) is 0. The molecule has 0 aliphatic carbocycles. The summed E-state index contributed by atoms with van der Waals surface area (Å²) in [5, 5.41) is 7.96. The number of hydrogen-bond donors (Lipinski definition) is 1. The van der Waals surface area contributed by atoms with Gasteiger partial charge in [0.05, 0.1) is 0 Å². The van der Waals surface area contributed by atoms with E-state index >= 15 is 0 Å². The van der Waals surface area contributed by atoms with Crippen LogP contribution in [0.3, 0.4) is 0 Å². The van der Waals surface area contributed by atoms with E-state index in [0.29, 0.717) is 0 Å². The van der Waals surface area contributed by atoms with Crippen molar-refractivity contribution in [1.82, 2.24) is 10.2 Å². The molecule has 0 aliphatic heterocycles. The Balaban J connectivity index is 2.75. The molecule has 5 nitrogen and oxygen atoms in total. The number of nitrogens with one attached hydrogen (secondary N) is 1. The molecule has 0 aliphatic rings. The van der Waals surface area contributed by atoms with Crippen molar-refractivity contribution >= 4 is 38.1 Å². The molecular formula is C5H8ClN3O2S2. The Morgan fingerprint density at radius 2 is 2.23 bits per heavy atom. The van der Waals surface area contributed by atoms with Crippen molar-refractivity contribution in [2.24, 2.45) is 0 Å². The first-order valence-corrected chi connectivity index (χ1v) is 6.46. The Morgan fingerprint density at radius 1 is 1.54 bits per heavy atom. The highest BCUT2D eigenvalue weighted by atomic mass is 35.5. The highest BCUT2D eigenvalue weighted by Crippen LogP contribution is 2.16. The number of rotatable bonds is 4. The second-order valence-corrected chi connectivity index (χ2v) is 5.55. The zero-order valence-corrected chi connectivity index (χ0v) is 9.21. The zero-order chi connectivity index (χ0) is 9.90. The second kappa shape index (κ2) is 4.21. The summed E-state index contributed by atoms with van der Waals surface area (Å²) in [4.78, 5) is 0. The molecule has 0 unspecified atom stereocenters. The Labute approximate surface area is 85.2 Å². The predicted molar refractivity (Wildman–Crippen MR) is 52.5 cm³/mol. The second-order valence-electron chi connectivity index (χ2n) is 2.18. The zero-order valence-electron chi connectivity index (χ0n) is 6.82. The van der Waals surface area contributed by atoms with Crippen molar-refractivity contribution in [2.75, 3.05) is 9.93 Å². The number of hydrogen-bond acceptors (Lipinski definition) is 5. The van der Waals surface area contributed by atoms with E-state index < -0.39 is 15.2 Å². The topological polar surface area (TPSA) is 72.0 Å². The summed E-state index contributed by atoms with van der Waals surface area (Å²) in [6.45, 7) is 1.92. The molecule has 1 aromatic heterocycles. The molecule has 8 heteroatoms. The number of nitrogens with zero attached hydrogens (tertiary/aromatic N) is 2. The molecule has 1 aromatic rings. The van der Waals surface area contributed by atoms with E-state index in [0.717, 1.165) is 11.4 Å². The van der Waals surface area contributed by atoms with E-state index in [-0.39, 0.29) is 5.13 Å². The lowest BCUT2D eigenvalue weighted by atomic mass is 10.5. The van der Waals surface area contributed by atoms with Crippen LogP contribution < -0.4 is 4.72 Å². The lowest BCUT2D eigenvalue weighted by Crippen LogP contribution is -2.13. The van der Waals surface area contributed by atoms with Crippen LogP contribution in [0.5, 0.6) is 0 Å². The van der Waals surface area contributed by atoms with Crippen LogP contribution in [0.4, 0.5) is 5.13 Å². The number of anilines is 1. The molecule has 0 fully saturated rings. The molecule has 1 rings (SSSR count). The fourth-order valence-corrected chi connectivity index (χ4v) is 2.20. The molecule has 13 heavy (non-hydrogen) atoms. The third-order valence-electron chi connectivity index (χ3n) is 1.16. The Kier molecular flexibility index (Phi) is 3.46. The standard InChI is InChI=1S/C5H8ClN3O2S2/c1-2-4-7-8-5(12-4)9-13(10,11)3-6/h2-3H2,1H3,(H,8,9). The van der Waals surface area contributed by atoms with E-state index in [1.54, 1.807) is 0 Å². The van der Waals surface area contributed by atoms with Gasteiger partial charge in [-0.05, 0) is 6.42 Å². The van der Waals surface area contributed by atoms with Gasteiger partial charge in [-0.3, -0.25) is 4.72 Å². The van der Waals surface area contributed by atoms with Gasteiger partial charge in [0.2, 0.25) is 15.2 Å². The lowest BCUT2D eigenvalue weighted by molar-refractivity contribution is 0.605. The van der Waals surface area contributed by atoms with Crippen molar-refractivity contribution in [3.63, 3.8) is 0 Å². The van der Waals surface area contributed by atoms with E-state index in [9.17, 15) is 8.42 Å². The fourth-order valence-electron chi connectivity index (χ4n) is 0.598. The first-order chi connectivity index (χ1) is 6.07. The van der Waals surface area contributed by atoms with Crippen LogP contribution >= 0.6 is 22.9 Å². The van der Waals surface area contributed by atoms with E-state index in [4.69, 9.17) is 11.6 Å². The molecule has 0 bridgehead atoms. The van der Waals surface area contributed by atoms with Crippen LogP contribution in [0.25, 0.3) is 0 Å². The van der Waals surface area contributed by atoms with Gasteiger partial charge < -0.3 is 0 Å². The molecule has 74 valence electrons. The number of alkyl halides is 1. The SMILES string of the molecule is CCc1nnc(NS(=O)(=O)CCl)s1. The van der Waals surface area contributed by atoms with Gasteiger partial charge in [-0.1, -0.05) is 18.3 Å². The molecule has 0 amide bonds. The maximum absolute atomic E-state index is 11.0. The molecular weight excluding hydrogens is 234 g/mol. The van der Waals surface area contributed by atoms with Crippen molar-refractivity contribution in [3.8, 4) is 0 Å². The Hall–Kier alpha value is -0.400. The smallest absolute Gasteiger partial charge is 0.248 e. The van der Waals surface area contributed by atoms with Crippen molar-refractivity contribution < 1.29 is 8.42 Å². The molecule has 0 aromatic carbocycles. The first kappa shape index (κ1) is 10.7. The molecule has 1 N–H and O–H groups in total. The van der Waals surface area contributed by atoms with Gasteiger partial charge in [0.25, 0.3) is 0 Å². The Morgan fingerprint density at radius 3 is 2.69 bits per heavy atom. The van der Waals surface area contributed by atoms with Crippen LogP contribution in [-0.4, -0.2) is 23.8 Å². The predicted octanol–water partition coefficient (Wildman–Crippen LogP) is 1.04. The molecule has 0 spiro atoms. The van der Waals surface area contributed by atoms with Crippen LogP contribution in [0.15, 0.2) is 0 Å². The summed E-state index contributed by atoms with van der Waals surface area (Å²) in [6.07, 6.45) is 0.736. The number of halogens is 1. The van der Waals surface area contributed by atoms with Gasteiger partial charge >= 0.3 is 0 Å². The minimum Gasteiger partial charge on any atom is -0.256 e. The van der Waals surface area contributed by atoms with E-state index in [2.05, 4.69) is 14.9 Å². The normalized spacial score (nSPS) is 11.5. The van der Waals surface area contributed by atoms with E-state index in [1.165, 1.54) is 11.3 Å². The molecule has 1 heterocycles. The third-order valence-corrected chi connectivity index (χ3v) is 3.92. The van der Waals surface area contributed by atoms with E-state index in [1.807, 2.05) is 6.92 Å². The molecule has 0 saturated heterocycles. The number of sulfonamides is 1. The van der Waals surface area contributed by atoms with Gasteiger partial charge in [-0.2, -0.15) is 0 Å². The summed E-state index contributed by atoms with van der Waals surface area (Å²) in [6, 6.07) is 0. The maximum Gasteiger partial charge on any atom is 0.248 e. The van der Waals surface area contributed by atoms with Gasteiger partial charge in [0.1, 0.15) is 10.2 Å². The summed E-state index contributed by atoms with van der Waals surface area (Å²) in [5.41, 5.74) is 0. The first-order valence-electron chi connectivity index (χ1n) is 3.46. The highest BCUT2D eigenvalue weighted by molar-refractivity contribution is 7.94. The fraction of sp³-hybridized carbons (Fsp3) is 0.600. The van der Waals surface area contributed by atoms with Crippen LogP contribution in [0.1, 0.15) is 11.9 Å². The number of aryl methyl sites for hydroxylation is 1. The molecule has 0 radical (unpaired) electrons. The quantitative estimate of drug-likeness (QED) is 0.800. The lowest BCUT2D eigenvalue weighted by Gasteiger charge is -1.97. The molecule has 0 saturated carbocycles. The average molecular weight is 242 g/mol. The largest absolute Gasteiger partial charge is 0.256 e. The summed E-state index contributed by atoms with van der Waals surface area (Å²) >= 11 is 6.39. The summed E-state index contributed by atoms with van der Waals surface area (Å²) < 4.78 is 24.1. The van der Waals surface area contributed by atoms with Crippen LogP contribution in [-0.2, 0) is 16.4 Å². The third kappa shape index (κ3) is 3.09. The van der Waals surface area contributed by atoms with Gasteiger partial charge in [-0.15, -0.1) is 21.8 Å². The number of aromatic nitrogens is 2.